The molecule has 3 nitrogen and oxygen atoms in total. The van der Waals surface area contributed by atoms with Crippen LogP contribution in [-0.4, -0.2) is 23.0 Å². The normalized spacial score (nSPS) is 23.1. The van der Waals surface area contributed by atoms with E-state index in [0.717, 1.165) is 16.7 Å². The van der Waals surface area contributed by atoms with Crippen LogP contribution in [-0.2, 0) is 17.6 Å². The van der Waals surface area contributed by atoms with Crippen molar-refractivity contribution in [3.63, 3.8) is 0 Å². The Kier molecular flexibility index (Phi) is 4.44. The summed E-state index contributed by atoms with van der Waals surface area (Å²) in [5, 5.41) is 8.99. The van der Waals surface area contributed by atoms with Crippen molar-refractivity contribution < 1.29 is 36.6 Å². The smallest absolute Gasteiger partial charge is 0.450 e. The van der Waals surface area contributed by atoms with Crippen LogP contribution < -0.4 is 0 Å². The van der Waals surface area contributed by atoms with E-state index in [-0.39, 0.29) is 5.56 Å². The van der Waals surface area contributed by atoms with Crippen LogP contribution in [0, 0.1) is 0 Å². The van der Waals surface area contributed by atoms with Crippen LogP contribution in [0.4, 0.5) is 26.7 Å². The fraction of sp³-hybridized carbons (Fsp3) is 0.190. The third kappa shape index (κ3) is 2.82. The SMILES string of the molecule is O=C(O)OC1(Cc2cccc3c2Cc2ccccc2-3)C(F)=C(F)C(F)=C(F)C1F. The predicted molar refractivity (Wildman–Crippen MR) is 93.6 cm³/mol. The fourth-order valence-corrected chi connectivity index (χ4v) is 3.94. The highest BCUT2D eigenvalue weighted by atomic mass is 19.2. The molecule has 4 rings (SSSR count). The van der Waals surface area contributed by atoms with Gasteiger partial charge in [-0.1, -0.05) is 42.5 Å². The van der Waals surface area contributed by atoms with E-state index in [1.165, 1.54) is 6.07 Å². The van der Waals surface area contributed by atoms with E-state index in [9.17, 15) is 26.7 Å². The first-order valence-electron chi connectivity index (χ1n) is 8.62. The van der Waals surface area contributed by atoms with Crippen molar-refractivity contribution >= 4 is 6.16 Å². The molecule has 0 spiro atoms. The van der Waals surface area contributed by atoms with Crippen LogP contribution in [0.3, 0.4) is 0 Å². The van der Waals surface area contributed by atoms with Crippen molar-refractivity contribution in [2.45, 2.75) is 24.6 Å². The van der Waals surface area contributed by atoms with E-state index in [0.29, 0.717) is 12.0 Å². The second-order valence-corrected chi connectivity index (χ2v) is 6.86. The van der Waals surface area contributed by atoms with Gasteiger partial charge in [0, 0.05) is 6.42 Å². The van der Waals surface area contributed by atoms with Crippen molar-refractivity contribution in [2.24, 2.45) is 0 Å². The van der Waals surface area contributed by atoms with Gasteiger partial charge in [-0.25, -0.2) is 26.7 Å². The fourth-order valence-electron chi connectivity index (χ4n) is 3.94. The van der Waals surface area contributed by atoms with Gasteiger partial charge in [0.05, 0.1) is 0 Å². The number of allylic oxidation sites excluding steroid dienone is 2. The standard InChI is InChI=1S/C21H13F5O3/c22-15-16(23)18(25)21(29-20(27)28,19(26)17(15)24)9-11-5-3-7-13-12-6-2-1-4-10(12)8-14(11)13/h1-7,18H,8-9H2,(H,27,28). The van der Waals surface area contributed by atoms with Gasteiger partial charge < -0.3 is 9.84 Å². The molecule has 2 aliphatic rings. The number of hydrogen-bond donors (Lipinski definition) is 1. The summed E-state index contributed by atoms with van der Waals surface area (Å²) in [5.41, 5.74) is 0.222. The van der Waals surface area contributed by atoms with Crippen LogP contribution >= 0.6 is 0 Å². The monoisotopic (exact) mass is 408 g/mol. The average molecular weight is 408 g/mol. The lowest BCUT2D eigenvalue weighted by Gasteiger charge is -2.35. The molecule has 0 saturated carbocycles. The van der Waals surface area contributed by atoms with Gasteiger partial charge in [-0.3, -0.25) is 0 Å². The Morgan fingerprint density at radius 1 is 1.03 bits per heavy atom. The van der Waals surface area contributed by atoms with Crippen LogP contribution in [0.5, 0.6) is 0 Å². The molecule has 0 fully saturated rings. The molecule has 2 aromatic carbocycles. The highest BCUT2D eigenvalue weighted by Crippen LogP contribution is 2.47. The van der Waals surface area contributed by atoms with E-state index in [2.05, 4.69) is 4.74 Å². The molecule has 2 aliphatic carbocycles. The molecule has 29 heavy (non-hydrogen) atoms. The minimum absolute atomic E-state index is 0.237. The molecule has 1 N–H and O–H groups in total. The summed E-state index contributed by atoms with van der Waals surface area (Å²) >= 11 is 0. The molecular formula is C21H13F5O3. The molecule has 2 unspecified atom stereocenters. The largest absolute Gasteiger partial charge is 0.506 e. The molecule has 0 amide bonds. The number of rotatable bonds is 3. The Bertz CT molecular complexity index is 1090. The highest BCUT2D eigenvalue weighted by molar-refractivity contribution is 5.78. The molecule has 0 saturated heterocycles. The first-order chi connectivity index (χ1) is 13.8. The first-order valence-corrected chi connectivity index (χ1v) is 8.62. The summed E-state index contributed by atoms with van der Waals surface area (Å²) in [6, 6.07) is 12.2. The molecule has 2 atom stereocenters. The first kappa shape index (κ1) is 19.2. The maximum Gasteiger partial charge on any atom is 0.506 e. The number of carbonyl (C=O) groups is 1. The molecule has 2 aromatic rings. The lowest BCUT2D eigenvalue weighted by Crippen LogP contribution is -2.49. The molecule has 0 aliphatic heterocycles. The highest BCUT2D eigenvalue weighted by Gasteiger charge is 2.57. The maximum atomic E-state index is 14.7. The van der Waals surface area contributed by atoms with Gasteiger partial charge in [0.15, 0.2) is 23.3 Å². The lowest BCUT2D eigenvalue weighted by atomic mass is 9.82. The van der Waals surface area contributed by atoms with E-state index in [4.69, 9.17) is 5.11 Å². The van der Waals surface area contributed by atoms with E-state index in [1.54, 1.807) is 12.1 Å². The zero-order chi connectivity index (χ0) is 20.9. The minimum atomic E-state index is -3.21. The Morgan fingerprint density at radius 2 is 1.72 bits per heavy atom. The van der Waals surface area contributed by atoms with Crippen molar-refractivity contribution in [3.05, 3.63) is 82.5 Å². The topological polar surface area (TPSA) is 46.5 Å². The second kappa shape index (κ2) is 6.72. The quantitative estimate of drug-likeness (QED) is 0.435. The summed E-state index contributed by atoms with van der Waals surface area (Å²) in [5.74, 6) is -9.04. The van der Waals surface area contributed by atoms with E-state index in [1.807, 2.05) is 24.3 Å². The van der Waals surface area contributed by atoms with E-state index < -0.39 is 47.7 Å². The van der Waals surface area contributed by atoms with Crippen molar-refractivity contribution in [3.8, 4) is 11.1 Å². The molecular weight excluding hydrogens is 395 g/mol. The van der Waals surface area contributed by atoms with E-state index >= 15 is 0 Å². The molecule has 0 heterocycles. The number of benzene rings is 2. The van der Waals surface area contributed by atoms with Crippen molar-refractivity contribution in [2.75, 3.05) is 0 Å². The van der Waals surface area contributed by atoms with Crippen LogP contribution in [0.25, 0.3) is 11.1 Å². The number of fused-ring (bicyclic) bond motifs is 3. The van der Waals surface area contributed by atoms with Crippen molar-refractivity contribution in [1.82, 2.24) is 0 Å². The van der Waals surface area contributed by atoms with Crippen molar-refractivity contribution in [1.29, 1.82) is 0 Å². The Balaban J connectivity index is 1.85. The van der Waals surface area contributed by atoms with Crippen LogP contribution in [0.1, 0.15) is 16.7 Å². The Hall–Kier alpha value is -3.16. The summed E-state index contributed by atoms with van der Waals surface area (Å²) in [4.78, 5) is 11.1. The van der Waals surface area contributed by atoms with Crippen LogP contribution in [0.2, 0.25) is 0 Å². The molecule has 0 bridgehead atoms. The summed E-state index contributed by atoms with van der Waals surface area (Å²) < 4.78 is 75.1. The minimum Gasteiger partial charge on any atom is -0.450 e. The lowest BCUT2D eigenvalue weighted by molar-refractivity contribution is -0.0566. The van der Waals surface area contributed by atoms with Crippen LogP contribution in [0.15, 0.2) is 65.8 Å². The third-order valence-corrected chi connectivity index (χ3v) is 5.27. The van der Waals surface area contributed by atoms with Gasteiger partial charge in [-0.15, -0.1) is 0 Å². The molecule has 8 heteroatoms. The third-order valence-electron chi connectivity index (χ3n) is 5.27. The van der Waals surface area contributed by atoms with Gasteiger partial charge in [-0.05, 0) is 34.2 Å². The Morgan fingerprint density at radius 3 is 2.45 bits per heavy atom. The maximum absolute atomic E-state index is 14.7. The summed E-state index contributed by atoms with van der Waals surface area (Å²) in [6.07, 6.45) is -5.81. The number of halogens is 5. The zero-order valence-corrected chi connectivity index (χ0v) is 14.7. The van der Waals surface area contributed by atoms with Gasteiger partial charge in [0.2, 0.25) is 11.8 Å². The van der Waals surface area contributed by atoms with Gasteiger partial charge >= 0.3 is 6.16 Å². The van der Waals surface area contributed by atoms with Gasteiger partial charge in [0.25, 0.3) is 0 Å². The van der Waals surface area contributed by atoms with Gasteiger partial charge in [0.1, 0.15) is 0 Å². The summed E-state index contributed by atoms with van der Waals surface area (Å²) in [6.45, 7) is 0. The number of alkyl halides is 1. The predicted octanol–water partition coefficient (Wildman–Crippen LogP) is 5.89. The molecule has 0 aromatic heterocycles. The zero-order valence-electron chi connectivity index (χ0n) is 14.7. The number of carboxylic acid groups (broad SMARTS) is 1. The average Bonchev–Trinajstić information content (AvgIpc) is 3.09. The van der Waals surface area contributed by atoms with Gasteiger partial charge in [-0.2, -0.15) is 0 Å². The number of ether oxygens (including phenoxy) is 1. The molecule has 0 radical (unpaired) electrons. The Labute approximate surface area is 161 Å². The second-order valence-electron chi connectivity index (χ2n) is 6.86. The number of hydrogen-bond acceptors (Lipinski definition) is 2. The summed E-state index contributed by atoms with van der Waals surface area (Å²) in [7, 11) is 0. The molecule has 150 valence electrons.